The Labute approximate surface area is 142 Å². The lowest BCUT2D eigenvalue weighted by Crippen LogP contribution is -2.52. The maximum atomic E-state index is 12.8. The average Bonchev–Trinajstić information content (AvgIpc) is 2.84. The summed E-state index contributed by atoms with van der Waals surface area (Å²) < 4.78 is 31.8. The minimum absolute atomic E-state index is 0.178. The Kier molecular flexibility index (Phi) is 3.06. The molecule has 3 saturated heterocycles. The zero-order valence-corrected chi connectivity index (χ0v) is 14.1. The molecule has 0 saturated carbocycles. The highest BCUT2D eigenvalue weighted by atomic mass is 32.2. The summed E-state index contributed by atoms with van der Waals surface area (Å²) in [5.41, 5.74) is 1.58. The first-order valence-electron chi connectivity index (χ1n) is 8.50. The van der Waals surface area contributed by atoms with E-state index in [4.69, 9.17) is 4.74 Å². The Bertz CT molecular complexity index is 914. The van der Waals surface area contributed by atoms with E-state index in [0.717, 1.165) is 17.7 Å². The SMILES string of the molecule is O=S1(=O)c2ccccc2-c2ccc(O[C@H]3CN4CCC3CC4)cc21. The molecule has 24 heavy (non-hydrogen) atoms. The first kappa shape index (κ1) is 14.5. The highest BCUT2D eigenvalue weighted by molar-refractivity contribution is 7.92. The van der Waals surface area contributed by atoms with Gasteiger partial charge in [-0.1, -0.05) is 18.2 Å². The van der Waals surface area contributed by atoms with E-state index in [9.17, 15) is 8.42 Å². The van der Waals surface area contributed by atoms with Crippen LogP contribution in [0.25, 0.3) is 11.1 Å². The molecule has 0 radical (unpaired) electrons. The van der Waals surface area contributed by atoms with Crippen molar-refractivity contribution in [1.29, 1.82) is 0 Å². The van der Waals surface area contributed by atoms with Crippen molar-refractivity contribution in [3.63, 3.8) is 0 Å². The van der Waals surface area contributed by atoms with E-state index in [0.29, 0.717) is 21.5 Å². The molecular weight excluding hydrogens is 322 g/mol. The van der Waals surface area contributed by atoms with Crippen LogP contribution >= 0.6 is 0 Å². The first-order valence-corrected chi connectivity index (χ1v) is 9.99. The van der Waals surface area contributed by atoms with Gasteiger partial charge in [0.2, 0.25) is 9.84 Å². The number of hydrogen-bond donors (Lipinski definition) is 0. The van der Waals surface area contributed by atoms with Crippen LogP contribution < -0.4 is 4.74 Å². The van der Waals surface area contributed by atoms with E-state index in [-0.39, 0.29) is 6.10 Å². The summed E-state index contributed by atoms with van der Waals surface area (Å²) in [6.07, 6.45) is 2.54. The quantitative estimate of drug-likeness (QED) is 0.719. The van der Waals surface area contributed by atoms with Crippen LogP contribution in [0.5, 0.6) is 5.75 Å². The van der Waals surface area contributed by atoms with Crippen molar-refractivity contribution in [2.75, 3.05) is 19.6 Å². The second-order valence-corrected chi connectivity index (χ2v) is 8.84. The topological polar surface area (TPSA) is 46.6 Å². The minimum Gasteiger partial charge on any atom is -0.489 e. The second-order valence-electron chi connectivity index (χ2n) is 6.95. The van der Waals surface area contributed by atoms with Gasteiger partial charge in [0.05, 0.1) is 9.79 Å². The molecule has 1 atom stereocenters. The Morgan fingerprint density at radius 1 is 0.958 bits per heavy atom. The fourth-order valence-electron chi connectivity index (χ4n) is 4.28. The maximum Gasteiger partial charge on any atom is 0.207 e. The van der Waals surface area contributed by atoms with Crippen LogP contribution in [0.4, 0.5) is 0 Å². The van der Waals surface area contributed by atoms with Gasteiger partial charge >= 0.3 is 0 Å². The first-order chi connectivity index (χ1) is 11.6. The fraction of sp³-hybridized carbons (Fsp3) is 0.368. The van der Waals surface area contributed by atoms with E-state index in [1.807, 2.05) is 24.3 Å². The van der Waals surface area contributed by atoms with Gasteiger partial charge in [-0.3, -0.25) is 4.90 Å². The Morgan fingerprint density at radius 3 is 2.46 bits per heavy atom. The smallest absolute Gasteiger partial charge is 0.207 e. The normalized spacial score (nSPS) is 29.1. The molecule has 0 unspecified atom stereocenters. The predicted octanol–water partition coefficient (Wildman–Crippen LogP) is 2.97. The van der Waals surface area contributed by atoms with E-state index >= 15 is 0 Å². The van der Waals surface area contributed by atoms with Gasteiger partial charge in [-0.05, 0) is 56.1 Å². The maximum absolute atomic E-state index is 12.8. The van der Waals surface area contributed by atoms with Crippen LogP contribution in [-0.2, 0) is 9.84 Å². The van der Waals surface area contributed by atoms with Gasteiger partial charge in [0.15, 0.2) is 0 Å². The molecule has 2 aromatic rings. The van der Waals surface area contributed by atoms with Gasteiger partial charge in [0, 0.05) is 17.7 Å². The molecule has 4 nitrogen and oxygen atoms in total. The molecule has 2 bridgehead atoms. The number of piperidine rings is 3. The zero-order chi connectivity index (χ0) is 16.3. The number of hydrogen-bond acceptors (Lipinski definition) is 4. The summed E-state index contributed by atoms with van der Waals surface area (Å²) in [6, 6.07) is 12.7. The van der Waals surface area contributed by atoms with E-state index in [2.05, 4.69) is 4.90 Å². The summed E-state index contributed by atoms with van der Waals surface area (Å²) in [4.78, 5) is 3.22. The highest BCUT2D eigenvalue weighted by Gasteiger charge is 2.37. The number of benzene rings is 2. The Morgan fingerprint density at radius 2 is 1.71 bits per heavy atom. The third-order valence-corrected chi connectivity index (χ3v) is 7.44. The van der Waals surface area contributed by atoms with Gasteiger partial charge < -0.3 is 4.74 Å². The van der Waals surface area contributed by atoms with Crippen molar-refractivity contribution in [3.05, 3.63) is 42.5 Å². The molecule has 2 aromatic carbocycles. The molecular formula is C19H19NO3S. The zero-order valence-electron chi connectivity index (χ0n) is 13.3. The molecule has 0 aromatic heterocycles. The van der Waals surface area contributed by atoms with E-state index in [1.165, 1.54) is 25.9 Å². The highest BCUT2D eigenvalue weighted by Crippen LogP contribution is 2.44. The summed E-state index contributed by atoms with van der Waals surface area (Å²) >= 11 is 0. The van der Waals surface area contributed by atoms with Crippen LogP contribution in [0.15, 0.2) is 52.3 Å². The Hall–Kier alpha value is -1.85. The van der Waals surface area contributed by atoms with Gasteiger partial charge in [0.25, 0.3) is 0 Å². The third-order valence-electron chi connectivity index (χ3n) is 5.59. The number of nitrogens with zero attached hydrogens (tertiary/aromatic N) is 1. The van der Waals surface area contributed by atoms with E-state index in [1.54, 1.807) is 18.2 Å². The molecule has 3 fully saturated rings. The van der Waals surface area contributed by atoms with Crippen molar-refractivity contribution in [2.24, 2.45) is 5.92 Å². The fourth-order valence-corrected chi connectivity index (χ4v) is 5.98. The summed E-state index contributed by atoms with van der Waals surface area (Å²) in [7, 11) is -3.43. The van der Waals surface area contributed by atoms with Gasteiger partial charge in [-0.25, -0.2) is 8.42 Å². The number of ether oxygens (including phenoxy) is 1. The van der Waals surface area contributed by atoms with Crippen molar-refractivity contribution >= 4 is 9.84 Å². The molecule has 4 aliphatic heterocycles. The summed E-state index contributed by atoms with van der Waals surface area (Å²) in [5, 5.41) is 0. The summed E-state index contributed by atoms with van der Waals surface area (Å²) in [6.45, 7) is 3.28. The van der Waals surface area contributed by atoms with Crippen LogP contribution in [-0.4, -0.2) is 39.1 Å². The third kappa shape index (κ3) is 2.04. The molecule has 0 aliphatic carbocycles. The van der Waals surface area contributed by atoms with Gasteiger partial charge in [-0.2, -0.15) is 0 Å². The molecule has 124 valence electrons. The largest absolute Gasteiger partial charge is 0.489 e. The number of fused-ring (bicyclic) bond motifs is 6. The molecule has 6 rings (SSSR count). The molecule has 5 heteroatoms. The predicted molar refractivity (Wildman–Crippen MR) is 90.9 cm³/mol. The van der Waals surface area contributed by atoms with Crippen molar-refractivity contribution in [2.45, 2.75) is 28.7 Å². The van der Waals surface area contributed by atoms with Crippen molar-refractivity contribution < 1.29 is 13.2 Å². The lowest BCUT2D eigenvalue weighted by molar-refractivity contribution is -0.00785. The van der Waals surface area contributed by atoms with Crippen molar-refractivity contribution in [3.8, 4) is 16.9 Å². The molecule has 4 heterocycles. The standard InChI is InChI=1S/C19H19NO3S/c21-24(22)18-4-2-1-3-15(18)16-6-5-14(11-19(16)24)23-17-12-20-9-7-13(17)8-10-20/h1-6,11,13,17H,7-10,12H2/t17-/m0/s1. The second kappa shape index (κ2) is 5.07. The monoisotopic (exact) mass is 341 g/mol. The van der Waals surface area contributed by atoms with Gasteiger partial charge in [0.1, 0.15) is 11.9 Å². The lowest BCUT2D eigenvalue weighted by atomic mass is 9.86. The minimum atomic E-state index is -3.43. The molecule has 4 aliphatic rings. The average molecular weight is 341 g/mol. The lowest BCUT2D eigenvalue weighted by Gasteiger charge is -2.44. The summed E-state index contributed by atoms with van der Waals surface area (Å²) in [5.74, 6) is 1.26. The van der Waals surface area contributed by atoms with Crippen LogP contribution in [0, 0.1) is 5.92 Å². The van der Waals surface area contributed by atoms with Crippen LogP contribution in [0.1, 0.15) is 12.8 Å². The number of rotatable bonds is 2. The van der Waals surface area contributed by atoms with E-state index < -0.39 is 9.84 Å². The van der Waals surface area contributed by atoms with Gasteiger partial charge in [-0.15, -0.1) is 0 Å². The van der Waals surface area contributed by atoms with Crippen LogP contribution in [0.2, 0.25) is 0 Å². The molecule has 0 spiro atoms. The van der Waals surface area contributed by atoms with Crippen LogP contribution in [0.3, 0.4) is 0 Å². The number of sulfone groups is 1. The Balaban J connectivity index is 1.51. The van der Waals surface area contributed by atoms with Crippen molar-refractivity contribution in [1.82, 2.24) is 4.90 Å². The molecule has 0 amide bonds. The molecule has 0 N–H and O–H groups in total.